The van der Waals surface area contributed by atoms with Crippen LogP contribution in [0.5, 0.6) is 0 Å². The molecule has 3 N–H and O–H groups in total. The van der Waals surface area contributed by atoms with Crippen LogP contribution in [0.2, 0.25) is 0 Å². The summed E-state index contributed by atoms with van der Waals surface area (Å²) in [6, 6.07) is 0. The molecule has 0 fully saturated rings. The maximum atomic E-state index is 10.9. The Hall–Kier alpha value is -1.83. The molecule has 28 heavy (non-hydrogen) atoms. The van der Waals surface area contributed by atoms with E-state index in [2.05, 4.69) is 50.6 Å². The molecule has 0 spiro atoms. The molecule has 1 unspecified atom stereocenters. The molecular weight excluding hydrogens is 376 g/mol. The number of allylic oxidation sites excluding steroid dienone is 3. The maximum absolute atomic E-state index is 10.9. The van der Waals surface area contributed by atoms with Crippen molar-refractivity contribution in [3.05, 3.63) is 35.4 Å². The lowest BCUT2D eigenvalue weighted by molar-refractivity contribution is -0.108. The first-order valence-corrected chi connectivity index (χ1v) is 10.4. The molecule has 0 saturated carbocycles. The van der Waals surface area contributed by atoms with Gasteiger partial charge in [-0.2, -0.15) is 0 Å². The first kappa shape index (κ1) is 22.5. The van der Waals surface area contributed by atoms with Crippen LogP contribution in [0.4, 0.5) is 5.82 Å². The van der Waals surface area contributed by atoms with Crippen molar-refractivity contribution in [1.29, 1.82) is 0 Å². The number of nitrogens with zero attached hydrogens (tertiary/aromatic N) is 3. The van der Waals surface area contributed by atoms with Gasteiger partial charge in [-0.1, -0.05) is 6.08 Å². The monoisotopic (exact) mass is 408 g/mol. The van der Waals surface area contributed by atoms with E-state index in [0.29, 0.717) is 26.1 Å². The average Bonchev–Trinajstić information content (AvgIpc) is 3.03. The zero-order valence-electron chi connectivity index (χ0n) is 17.2. The average molecular weight is 409 g/mol. The van der Waals surface area contributed by atoms with Gasteiger partial charge in [-0.15, -0.1) is 11.6 Å². The van der Waals surface area contributed by atoms with Crippen molar-refractivity contribution < 1.29 is 4.79 Å². The summed E-state index contributed by atoms with van der Waals surface area (Å²) in [5, 5.41) is 9.91. The quantitative estimate of drug-likeness (QED) is 0.264. The molecule has 8 heteroatoms. The zero-order chi connectivity index (χ0) is 20.4. The summed E-state index contributed by atoms with van der Waals surface area (Å²) in [6.45, 7) is 6.82. The Morgan fingerprint density at radius 1 is 1.39 bits per heavy atom. The van der Waals surface area contributed by atoms with Crippen molar-refractivity contribution in [1.82, 2.24) is 25.1 Å². The predicted molar refractivity (Wildman–Crippen MR) is 116 cm³/mol. The second kappa shape index (κ2) is 11.9. The molecule has 1 aliphatic rings. The number of aromatic nitrogens is 2. The highest BCUT2D eigenvalue weighted by Gasteiger charge is 2.16. The number of rotatable bonds is 13. The second-order valence-electron chi connectivity index (χ2n) is 6.71. The molecule has 1 aromatic rings. The normalized spacial score (nSPS) is 16.1. The Balaban J connectivity index is 1.97. The van der Waals surface area contributed by atoms with Gasteiger partial charge >= 0.3 is 0 Å². The summed E-state index contributed by atoms with van der Waals surface area (Å²) < 4.78 is 2.13. The van der Waals surface area contributed by atoms with Gasteiger partial charge in [-0.05, 0) is 32.5 Å². The van der Waals surface area contributed by atoms with E-state index in [-0.39, 0.29) is 5.38 Å². The highest BCUT2D eigenvalue weighted by Crippen LogP contribution is 2.19. The number of carbonyl (C=O) groups is 1. The SMILES string of the molecule is CCN(CCNCc1nc(NC)c(CNC)n1CCC=O)C1=CC(Cl)CC=C1. The lowest BCUT2D eigenvalue weighted by Crippen LogP contribution is -2.32. The van der Waals surface area contributed by atoms with Crippen LogP contribution in [0.25, 0.3) is 0 Å². The number of hydrogen-bond acceptors (Lipinski definition) is 6. The van der Waals surface area contributed by atoms with E-state index in [1.165, 1.54) is 5.70 Å². The largest absolute Gasteiger partial charge is 0.372 e. The van der Waals surface area contributed by atoms with Gasteiger partial charge in [0, 0.05) is 51.9 Å². The Labute approximate surface area is 173 Å². The lowest BCUT2D eigenvalue weighted by atomic mass is 10.1. The highest BCUT2D eigenvalue weighted by molar-refractivity contribution is 6.22. The standard InChI is InChI=1S/C20H33ClN6O/c1-4-26(17-8-5-7-16(21)13-17)11-9-24-15-19-25-20(23-3)18(14-22-2)27(19)10-6-12-28/h5,8,12-13,16,22-24H,4,6-7,9-11,14-15H2,1-3H3. The molecule has 1 aliphatic carbocycles. The number of anilines is 1. The molecule has 156 valence electrons. The maximum Gasteiger partial charge on any atom is 0.148 e. The van der Waals surface area contributed by atoms with Crippen molar-refractivity contribution in [2.45, 2.75) is 44.8 Å². The predicted octanol–water partition coefficient (Wildman–Crippen LogP) is 2.10. The van der Waals surface area contributed by atoms with Gasteiger partial charge < -0.3 is 30.2 Å². The van der Waals surface area contributed by atoms with Crippen LogP contribution in [0, 0.1) is 0 Å². The molecule has 0 bridgehead atoms. The van der Waals surface area contributed by atoms with E-state index in [1.807, 2.05) is 14.1 Å². The molecule has 0 saturated heterocycles. The number of alkyl halides is 1. The molecular formula is C20H33ClN6O. The molecule has 1 heterocycles. The summed E-state index contributed by atoms with van der Waals surface area (Å²) in [5.41, 5.74) is 2.27. The highest BCUT2D eigenvalue weighted by atomic mass is 35.5. The van der Waals surface area contributed by atoms with Crippen LogP contribution >= 0.6 is 11.6 Å². The summed E-state index contributed by atoms with van der Waals surface area (Å²) in [7, 11) is 3.78. The second-order valence-corrected chi connectivity index (χ2v) is 7.27. The summed E-state index contributed by atoms with van der Waals surface area (Å²) >= 11 is 6.25. The third-order valence-corrected chi connectivity index (χ3v) is 5.10. The van der Waals surface area contributed by atoms with Crippen LogP contribution in [0.1, 0.15) is 31.3 Å². The minimum atomic E-state index is 0.0814. The number of nitrogens with one attached hydrogen (secondary N) is 3. The molecule has 0 aromatic carbocycles. The fourth-order valence-corrected chi connectivity index (χ4v) is 3.62. The third kappa shape index (κ3) is 6.09. The fourth-order valence-electron chi connectivity index (χ4n) is 3.39. The number of likely N-dealkylation sites (N-methyl/N-ethyl adjacent to an activating group) is 1. The van der Waals surface area contributed by atoms with Gasteiger partial charge in [0.05, 0.1) is 17.6 Å². The third-order valence-electron chi connectivity index (χ3n) is 4.79. The zero-order valence-corrected chi connectivity index (χ0v) is 17.9. The molecule has 2 rings (SSSR count). The number of hydrogen-bond donors (Lipinski definition) is 3. The van der Waals surface area contributed by atoms with Crippen molar-refractivity contribution in [3.63, 3.8) is 0 Å². The van der Waals surface area contributed by atoms with Gasteiger partial charge in [0.2, 0.25) is 0 Å². The fraction of sp³-hybridized carbons (Fsp3) is 0.600. The minimum absolute atomic E-state index is 0.0814. The van der Waals surface area contributed by atoms with Crippen molar-refractivity contribution >= 4 is 23.7 Å². The molecule has 1 atom stereocenters. The number of aldehydes is 1. The van der Waals surface area contributed by atoms with Gasteiger partial charge in [0.25, 0.3) is 0 Å². The first-order chi connectivity index (χ1) is 13.6. The van der Waals surface area contributed by atoms with Gasteiger partial charge in [-0.3, -0.25) is 0 Å². The molecule has 7 nitrogen and oxygen atoms in total. The molecule has 0 aliphatic heterocycles. The minimum Gasteiger partial charge on any atom is -0.372 e. The van der Waals surface area contributed by atoms with E-state index >= 15 is 0 Å². The summed E-state index contributed by atoms with van der Waals surface area (Å²) in [5.74, 6) is 1.80. The molecule has 1 aromatic heterocycles. The Bertz CT molecular complexity index is 684. The van der Waals surface area contributed by atoms with Gasteiger partial charge in [0.15, 0.2) is 0 Å². The van der Waals surface area contributed by atoms with Crippen molar-refractivity contribution in [3.8, 4) is 0 Å². The smallest absolute Gasteiger partial charge is 0.148 e. The Morgan fingerprint density at radius 2 is 2.21 bits per heavy atom. The first-order valence-electron chi connectivity index (χ1n) is 9.96. The van der Waals surface area contributed by atoms with E-state index in [4.69, 9.17) is 16.6 Å². The van der Waals surface area contributed by atoms with Crippen LogP contribution in [-0.4, -0.2) is 59.8 Å². The number of carbonyl (C=O) groups excluding carboxylic acids is 1. The lowest BCUT2D eigenvalue weighted by Gasteiger charge is -2.26. The van der Waals surface area contributed by atoms with Crippen molar-refractivity contribution in [2.24, 2.45) is 0 Å². The number of halogens is 1. The molecule has 0 radical (unpaired) electrons. The van der Waals surface area contributed by atoms with Gasteiger partial charge in [0.1, 0.15) is 17.9 Å². The number of imidazole rings is 1. The van der Waals surface area contributed by atoms with Crippen LogP contribution in [0.3, 0.4) is 0 Å². The van der Waals surface area contributed by atoms with Crippen LogP contribution < -0.4 is 16.0 Å². The van der Waals surface area contributed by atoms with Crippen LogP contribution in [-0.2, 0) is 24.4 Å². The van der Waals surface area contributed by atoms with E-state index in [1.54, 1.807) is 0 Å². The van der Waals surface area contributed by atoms with Crippen LogP contribution in [0.15, 0.2) is 23.9 Å². The topological polar surface area (TPSA) is 74.2 Å². The van der Waals surface area contributed by atoms with E-state index in [9.17, 15) is 4.79 Å². The Morgan fingerprint density at radius 3 is 2.86 bits per heavy atom. The van der Waals surface area contributed by atoms with Gasteiger partial charge in [-0.25, -0.2) is 4.98 Å². The van der Waals surface area contributed by atoms with E-state index in [0.717, 1.165) is 49.7 Å². The van der Waals surface area contributed by atoms with Crippen molar-refractivity contribution in [2.75, 3.05) is 39.0 Å². The summed E-state index contributed by atoms with van der Waals surface area (Å²) in [6.07, 6.45) is 8.74. The molecule has 0 amide bonds. The summed E-state index contributed by atoms with van der Waals surface area (Å²) in [4.78, 5) is 17.9. The Kier molecular flexibility index (Phi) is 9.54. The van der Waals surface area contributed by atoms with E-state index < -0.39 is 0 Å².